The zero-order valence-corrected chi connectivity index (χ0v) is 10.1. The zero-order chi connectivity index (χ0) is 11.8. The van der Waals surface area contributed by atoms with Crippen molar-refractivity contribution in [2.24, 2.45) is 17.8 Å². The molecule has 2 unspecified atom stereocenters. The van der Waals surface area contributed by atoms with Gasteiger partial charge in [0.05, 0.1) is 0 Å². The van der Waals surface area contributed by atoms with Crippen molar-refractivity contribution in [2.45, 2.75) is 44.6 Å². The van der Waals surface area contributed by atoms with Crippen molar-refractivity contribution in [3.8, 4) is 0 Å². The van der Waals surface area contributed by atoms with E-state index in [2.05, 4.69) is 10.6 Å². The third kappa shape index (κ3) is 2.79. The first kappa shape index (κ1) is 11.1. The number of carbonyl (C=O) groups excluding carboxylic acids is 2. The van der Waals surface area contributed by atoms with Gasteiger partial charge in [0.15, 0.2) is 0 Å². The Kier molecular flexibility index (Phi) is 2.81. The minimum absolute atomic E-state index is 0.0714. The standard InChI is InChI=1S/C13H20N2O2/c16-12(15-11-1-2-11)3-4-14-13(17)10-6-8-5-9(8)7-10/h8-11H,1-7H2,(H,14,17)(H,15,16). The van der Waals surface area contributed by atoms with Gasteiger partial charge in [0.1, 0.15) is 0 Å². The molecule has 17 heavy (non-hydrogen) atoms. The molecule has 0 bridgehead atoms. The maximum absolute atomic E-state index is 11.8. The Morgan fingerprint density at radius 1 is 1.06 bits per heavy atom. The lowest BCUT2D eigenvalue weighted by Gasteiger charge is -2.12. The number of fused-ring (bicyclic) bond motifs is 1. The summed E-state index contributed by atoms with van der Waals surface area (Å²) in [4.78, 5) is 23.2. The smallest absolute Gasteiger partial charge is 0.223 e. The lowest BCUT2D eigenvalue weighted by molar-refractivity contribution is -0.125. The highest BCUT2D eigenvalue weighted by Crippen LogP contribution is 2.54. The molecule has 2 amide bonds. The maximum atomic E-state index is 11.8. The number of hydrogen-bond acceptors (Lipinski definition) is 2. The van der Waals surface area contributed by atoms with Crippen molar-refractivity contribution in [1.82, 2.24) is 10.6 Å². The molecule has 0 aromatic carbocycles. The quantitative estimate of drug-likeness (QED) is 0.742. The van der Waals surface area contributed by atoms with Crippen LogP contribution in [0.5, 0.6) is 0 Å². The highest BCUT2D eigenvalue weighted by molar-refractivity contribution is 5.81. The van der Waals surface area contributed by atoms with E-state index in [1.165, 1.54) is 6.42 Å². The molecule has 3 rings (SSSR count). The van der Waals surface area contributed by atoms with Gasteiger partial charge in [-0.1, -0.05) is 0 Å². The molecule has 2 atom stereocenters. The Morgan fingerprint density at radius 2 is 1.76 bits per heavy atom. The van der Waals surface area contributed by atoms with Crippen LogP contribution in [0.15, 0.2) is 0 Å². The van der Waals surface area contributed by atoms with Crippen LogP contribution < -0.4 is 10.6 Å². The molecule has 0 aromatic rings. The summed E-state index contributed by atoms with van der Waals surface area (Å²) in [5.41, 5.74) is 0. The van der Waals surface area contributed by atoms with Gasteiger partial charge < -0.3 is 10.6 Å². The molecule has 0 aromatic heterocycles. The van der Waals surface area contributed by atoms with Gasteiger partial charge in [-0.05, 0) is 43.9 Å². The predicted molar refractivity (Wildman–Crippen MR) is 63.1 cm³/mol. The summed E-state index contributed by atoms with van der Waals surface area (Å²) >= 11 is 0. The SMILES string of the molecule is O=C(CCNC(=O)C1CC2CC2C1)NC1CC1. The summed E-state index contributed by atoms with van der Waals surface area (Å²) in [5, 5.41) is 5.81. The monoisotopic (exact) mass is 236 g/mol. The zero-order valence-electron chi connectivity index (χ0n) is 10.1. The molecule has 0 heterocycles. The predicted octanol–water partition coefficient (Wildman–Crippen LogP) is 0.817. The van der Waals surface area contributed by atoms with Crippen LogP contribution in [0.3, 0.4) is 0 Å². The molecule has 94 valence electrons. The van der Waals surface area contributed by atoms with Gasteiger partial charge in [0.25, 0.3) is 0 Å². The van der Waals surface area contributed by atoms with Crippen molar-refractivity contribution in [3.63, 3.8) is 0 Å². The van der Waals surface area contributed by atoms with Crippen LogP contribution in [-0.4, -0.2) is 24.4 Å². The van der Waals surface area contributed by atoms with E-state index >= 15 is 0 Å². The topological polar surface area (TPSA) is 58.2 Å². The third-order valence-corrected chi connectivity index (χ3v) is 4.21. The molecule has 3 fully saturated rings. The first-order valence-corrected chi connectivity index (χ1v) is 6.79. The summed E-state index contributed by atoms with van der Waals surface area (Å²) in [6.07, 6.45) is 6.14. The van der Waals surface area contributed by atoms with Crippen molar-refractivity contribution >= 4 is 11.8 Å². The van der Waals surface area contributed by atoms with E-state index in [0.29, 0.717) is 19.0 Å². The van der Waals surface area contributed by atoms with Gasteiger partial charge in [-0.2, -0.15) is 0 Å². The number of rotatable bonds is 5. The van der Waals surface area contributed by atoms with E-state index in [1.54, 1.807) is 0 Å². The molecular weight excluding hydrogens is 216 g/mol. The number of carbonyl (C=O) groups is 2. The summed E-state index contributed by atoms with van der Waals surface area (Å²) < 4.78 is 0. The average Bonchev–Trinajstić information content (AvgIpc) is 3.21. The lowest BCUT2D eigenvalue weighted by atomic mass is 10.0. The lowest BCUT2D eigenvalue weighted by Crippen LogP contribution is -2.34. The van der Waals surface area contributed by atoms with E-state index in [-0.39, 0.29) is 17.7 Å². The molecule has 3 saturated carbocycles. The second kappa shape index (κ2) is 4.31. The second-order valence-electron chi connectivity index (χ2n) is 5.81. The maximum Gasteiger partial charge on any atom is 0.223 e. The Balaban J connectivity index is 1.30. The first-order valence-electron chi connectivity index (χ1n) is 6.79. The summed E-state index contributed by atoms with van der Waals surface area (Å²) in [6.45, 7) is 0.489. The van der Waals surface area contributed by atoms with Gasteiger partial charge in [0, 0.05) is 24.9 Å². The molecule has 3 aliphatic rings. The molecule has 0 spiro atoms. The van der Waals surface area contributed by atoms with Crippen LogP contribution in [0.4, 0.5) is 0 Å². The number of nitrogens with one attached hydrogen (secondary N) is 2. The van der Waals surface area contributed by atoms with Gasteiger partial charge in [-0.15, -0.1) is 0 Å². The van der Waals surface area contributed by atoms with Crippen LogP contribution in [0, 0.1) is 17.8 Å². The van der Waals surface area contributed by atoms with Crippen molar-refractivity contribution in [1.29, 1.82) is 0 Å². The molecule has 3 aliphatic carbocycles. The van der Waals surface area contributed by atoms with Gasteiger partial charge >= 0.3 is 0 Å². The average molecular weight is 236 g/mol. The molecular formula is C13H20N2O2. The fourth-order valence-electron chi connectivity index (χ4n) is 2.90. The number of hydrogen-bond donors (Lipinski definition) is 2. The van der Waals surface area contributed by atoms with Gasteiger partial charge in [-0.3, -0.25) is 9.59 Å². The summed E-state index contributed by atoms with van der Waals surface area (Å²) in [5.74, 6) is 2.14. The van der Waals surface area contributed by atoms with E-state index < -0.39 is 0 Å². The minimum Gasteiger partial charge on any atom is -0.355 e. The Morgan fingerprint density at radius 3 is 2.41 bits per heavy atom. The number of amides is 2. The van der Waals surface area contributed by atoms with Crippen molar-refractivity contribution in [3.05, 3.63) is 0 Å². The van der Waals surface area contributed by atoms with Crippen LogP contribution in [-0.2, 0) is 9.59 Å². The second-order valence-corrected chi connectivity index (χ2v) is 5.81. The third-order valence-electron chi connectivity index (χ3n) is 4.21. The fraction of sp³-hybridized carbons (Fsp3) is 0.846. The summed E-state index contributed by atoms with van der Waals surface area (Å²) in [6, 6.07) is 0.417. The highest BCUT2D eigenvalue weighted by Gasteiger charge is 2.47. The van der Waals surface area contributed by atoms with Crippen LogP contribution in [0.2, 0.25) is 0 Å². The molecule has 0 radical (unpaired) electrons. The molecule has 0 saturated heterocycles. The van der Waals surface area contributed by atoms with E-state index in [4.69, 9.17) is 0 Å². The minimum atomic E-state index is 0.0714. The van der Waals surface area contributed by atoms with Gasteiger partial charge in [-0.25, -0.2) is 0 Å². The van der Waals surface area contributed by atoms with Crippen molar-refractivity contribution in [2.75, 3.05) is 6.54 Å². The Hall–Kier alpha value is -1.06. The highest BCUT2D eigenvalue weighted by atomic mass is 16.2. The van der Waals surface area contributed by atoms with E-state index in [1.807, 2.05) is 0 Å². The molecule has 2 N–H and O–H groups in total. The van der Waals surface area contributed by atoms with Crippen LogP contribution in [0.1, 0.15) is 38.5 Å². The molecule has 0 aliphatic heterocycles. The summed E-state index contributed by atoms with van der Waals surface area (Å²) in [7, 11) is 0. The normalized spacial score (nSPS) is 34.0. The van der Waals surface area contributed by atoms with Crippen LogP contribution in [0.25, 0.3) is 0 Å². The largest absolute Gasteiger partial charge is 0.355 e. The molecule has 4 heteroatoms. The van der Waals surface area contributed by atoms with Crippen LogP contribution >= 0.6 is 0 Å². The molecule has 4 nitrogen and oxygen atoms in total. The fourth-order valence-corrected chi connectivity index (χ4v) is 2.90. The first-order chi connectivity index (χ1) is 8.22. The Labute approximate surface area is 102 Å². The Bertz CT molecular complexity index is 328. The van der Waals surface area contributed by atoms with Gasteiger partial charge in [0.2, 0.25) is 11.8 Å². The van der Waals surface area contributed by atoms with Crippen molar-refractivity contribution < 1.29 is 9.59 Å². The van der Waals surface area contributed by atoms with E-state index in [9.17, 15) is 9.59 Å². The van der Waals surface area contributed by atoms with E-state index in [0.717, 1.165) is 37.5 Å².